The van der Waals surface area contributed by atoms with Crippen molar-refractivity contribution >= 4 is 0 Å². The first kappa shape index (κ1) is 15.3. The summed E-state index contributed by atoms with van der Waals surface area (Å²) in [5.74, 6) is 0.970. The van der Waals surface area contributed by atoms with Gasteiger partial charge in [0, 0.05) is 50.2 Å². The average molecular weight is 298 g/mol. The van der Waals surface area contributed by atoms with Gasteiger partial charge in [-0.1, -0.05) is 43.7 Å². The zero-order valence-electron chi connectivity index (χ0n) is 13.5. The molecule has 4 heteroatoms. The number of unbranched alkanes of at least 4 members (excludes halogenated alkanes) is 1. The number of hydrogen-bond donors (Lipinski definition) is 1. The molecule has 4 nitrogen and oxygen atoms in total. The van der Waals surface area contributed by atoms with Crippen molar-refractivity contribution in [3.63, 3.8) is 0 Å². The Morgan fingerprint density at radius 1 is 1.05 bits per heavy atom. The highest BCUT2D eigenvalue weighted by Crippen LogP contribution is 2.16. The van der Waals surface area contributed by atoms with Crippen molar-refractivity contribution in [2.45, 2.75) is 26.3 Å². The molecule has 1 aromatic heterocycles. The van der Waals surface area contributed by atoms with Crippen molar-refractivity contribution in [2.75, 3.05) is 32.7 Å². The van der Waals surface area contributed by atoms with E-state index in [-0.39, 0.29) is 0 Å². The second-order valence-electron chi connectivity index (χ2n) is 6.09. The summed E-state index contributed by atoms with van der Waals surface area (Å²) in [4.78, 5) is 13.1. The Kier molecular flexibility index (Phi) is 5.24. The Hall–Kier alpha value is -1.65. The number of benzene rings is 1. The third-order valence-electron chi connectivity index (χ3n) is 4.36. The van der Waals surface area contributed by atoms with Crippen LogP contribution >= 0.6 is 0 Å². The van der Waals surface area contributed by atoms with Crippen LogP contribution < -0.4 is 0 Å². The van der Waals surface area contributed by atoms with E-state index in [9.17, 15) is 0 Å². The highest BCUT2D eigenvalue weighted by Gasteiger charge is 2.17. The van der Waals surface area contributed by atoms with Gasteiger partial charge in [0.15, 0.2) is 0 Å². The molecule has 0 bridgehead atoms. The van der Waals surface area contributed by atoms with Crippen molar-refractivity contribution in [1.29, 1.82) is 0 Å². The van der Waals surface area contributed by atoms with Crippen LogP contribution in [0.15, 0.2) is 36.5 Å². The summed E-state index contributed by atoms with van der Waals surface area (Å²) in [6, 6.07) is 10.3. The number of hydrogen-bond acceptors (Lipinski definition) is 3. The lowest BCUT2D eigenvalue weighted by molar-refractivity contribution is 0.125. The molecule has 0 atom stereocenters. The van der Waals surface area contributed by atoms with Gasteiger partial charge in [0.05, 0.1) is 0 Å². The zero-order chi connectivity index (χ0) is 15.2. The minimum Gasteiger partial charge on any atom is -0.341 e. The lowest BCUT2D eigenvalue weighted by Gasteiger charge is -2.34. The molecule has 1 aliphatic rings. The number of H-pyrrole nitrogens is 1. The topological polar surface area (TPSA) is 35.2 Å². The highest BCUT2D eigenvalue weighted by molar-refractivity contribution is 5.54. The monoisotopic (exact) mass is 298 g/mol. The molecular weight excluding hydrogens is 272 g/mol. The van der Waals surface area contributed by atoms with Gasteiger partial charge in [0.1, 0.15) is 5.82 Å². The number of rotatable bonds is 6. The molecule has 2 aromatic rings. The van der Waals surface area contributed by atoms with Crippen LogP contribution in [-0.4, -0.2) is 52.5 Å². The van der Waals surface area contributed by atoms with E-state index in [1.165, 1.54) is 38.2 Å². The second kappa shape index (κ2) is 7.56. The smallest absolute Gasteiger partial charge is 0.137 e. The van der Waals surface area contributed by atoms with Crippen LogP contribution in [0.25, 0.3) is 11.4 Å². The van der Waals surface area contributed by atoms with Crippen molar-refractivity contribution < 1.29 is 0 Å². The number of imidazole rings is 1. The van der Waals surface area contributed by atoms with E-state index in [4.69, 9.17) is 0 Å². The predicted octanol–water partition coefficient (Wildman–Crippen LogP) is 2.99. The van der Waals surface area contributed by atoms with Gasteiger partial charge in [-0.15, -0.1) is 0 Å². The maximum absolute atomic E-state index is 4.51. The van der Waals surface area contributed by atoms with Crippen LogP contribution in [0.5, 0.6) is 0 Å². The predicted molar refractivity (Wildman–Crippen MR) is 90.6 cm³/mol. The molecule has 0 radical (unpaired) electrons. The van der Waals surface area contributed by atoms with E-state index in [1.807, 2.05) is 24.4 Å². The fourth-order valence-corrected chi connectivity index (χ4v) is 2.98. The molecule has 0 saturated carbocycles. The lowest BCUT2D eigenvalue weighted by atomic mass is 10.2. The number of nitrogens with one attached hydrogen (secondary N) is 1. The third kappa shape index (κ3) is 3.96. The van der Waals surface area contributed by atoms with Crippen molar-refractivity contribution in [1.82, 2.24) is 19.8 Å². The largest absolute Gasteiger partial charge is 0.341 e. The van der Waals surface area contributed by atoms with Crippen molar-refractivity contribution in [3.05, 3.63) is 42.2 Å². The van der Waals surface area contributed by atoms with Crippen LogP contribution in [0.2, 0.25) is 0 Å². The Bertz CT molecular complexity index is 555. The molecule has 1 fully saturated rings. The minimum atomic E-state index is 0.970. The molecular formula is C18H26N4. The fraction of sp³-hybridized carbons (Fsp3) is 0.500. The maximum atomic E-state index is 4.51. The normalized spacial score (nSPS) is 17.0. The summed E-state index contributed by atoms with van der Waals surface area (Å²) in [7, 11) is 0. The van der Waals surface area contributed by atoms with E-state index >= 15 is 0 Å². The molecule has 1 aromatic carbocycles. The van der Waals surface area contributed by atoms with Gasteiger partial charge < -0.3 is 9.88 Å². The molecule has 22 heavy (non-hydrogen) atoms. The quantitative estimate of drug-likeness (QED) is 0.890. The van der Waals surface area contributed by atoms with Crippen LogP contribution in [0.3, 0.4) is 0 Å². The Balaban J connectivity index is 1.51. The molecule has 1 N–H and O–H groups in total. The lowest BCUT2D eigenvalue weighted by Crippen LogP contribution is -2.46. The number of nitrogens with zero attached hydrogens (tertiary/aromatic N) is 3. The maximum Gasteiger partial charge on any atom is 0.137 e. The van der Waals surface area contributed by atoms with Gasteiger partial charge in [-0.2, -0.15) is 0 Å². The summed E-state index contributed by atoms with van der Waals surface area (Å²) in [5.41, 5.74) is 2.36. The van der Waals surface area contributed by atoms with Crippen molar-refractivity contribution in [2.24, 2.45) is 0 Å². The van der Waals surface area contributed by atoms with Gasteiger partial charge in [-0.3, -0.25) is 4.90 Å². The van der Waals surface area contributed by atoms with E-state index < -0.39 is 0 Å². The number of aromatic nitrogens is 2. The van der Waals surface area contributed by atoms with Gasteiger partial charge in [0.25, 0.3) is 0 Å². The number of aromatic amines is 1. The first-order valence-corrected chi connectivity index (χ1v) is 8.39. The average Bonchev–Trinajstić information content (AvgIpc) is 3.04. The Morgan fingerprint density at radius 2 is 1.77 bits per heavy atom. The van der Waals surface area contributed by atoms with Crippen LogP contribution in [-0.2, 0) is 6.54 Å². The summed E-state index contributed by atoms with van der Waals surface area (Å²) in [6.45, 7) is 9.19. The molecule has 0 amide bonds. The SMILES string of the molecule is CCCCN1CCN(Cc2cnc(-c3ccccc3)[nH]2)CC1. The number of piperazine rings is 1. The Labute approximate surface area is 133 Å². The molecule has 1 aliphatic heterocycles. The van der Waals surface area contributed by atoms with Crippen LogP contribution in [0.4, 0.5) is 0 Å². The van der Waals surface area contributed by atoms with E-state index in [1.54, 1.807) is 0 Å². The van der Waals surface area contributed by atoms with Crippen LogP contribution in [0, 0.1) is 0 Å². The Morgan fingerprint density at radius 3 is 2.50 bits per heavy atom. The fourth-order valence-electron chi connectivity index (χ4n) is 2.98. The first-order chi connectivity index (χ1) is 10.8. The first-order valence-electron chi connectivity index (χ1n) is 8.39. The molecule has 118 valence electrons. The molecule has 3 rings (SSSR count). The summed E-state index contributed by atoms with van der Waals surface area (Å²) < 4.78 is 0. The molecule has 1 saturated heterocycles. The molecule has 0 aliphatic carbocycles. The van der Waals surface area contributed by atoms with E-state index in [2.05, 4.69) is 38.8 Å². The molecule has 0 spiro atoms. The van der Waals surface area contributed by atoms with Gasteiger partial charge in [0.2, 0.25) is 0 Å². The highest BCUT2D eigenvalue weighted by atomic mass is 15.3. The molecule has 2 heterocycles. The van der Waals surface area contributed by atoms with E-state index in [0.717, 1.165) is 31.0 Å². The van der Waals surface area contributed by atoms with Crippen LogP contribution in [0.1, 0.15) is 25.5 Å². The standard InChI is InChI=1S/C18H26N4/c1-2-3-9-21-10-12-22(13-11-21)15-17-14-19-18(20-17)16-7-5-4-6-8-16/h4-8,14H,2-3,9-13,15H2,1H3,(H,19,20). The third-order valence-corrected chi connectivity index (χ3v) is 4.36. The van der Waals surface area contributed by atoms with Gasteiger partial charge >= 0.3 is 0 Å². The van der Waals surface area contributed by atoms with Crippen molar-refractivity contribution in [3.8, 4) is 11.4 Å². The summed E-state index contributed by atoms with van der Waals surface area (Å²) in [5, 5.41) is 0. The van der Waals surface area contributed by atoms with E-state index in [0.29, 0.717) is 0 Å². The van der Waals surface area contributed by atoms with Gasteiger partial charge in [-0.25, -0.2) is 4.98 Å². The minimum absolute atomic E-state index is 0.970. The molecule has 0 unspecified atom stereocenters. The zero-order valence-corrected chi connectivity index (χ0v) is 13.5. The summed E-state index contributed by atoms with van der Waals surface area (Å²) >= 11 is 0. The van der Waals surface area contributed by atoms with Gasteiger partial charge in [-0.05, 0) is 13.0 Å². The summed E-state index contributed by atoms with van der Waals surface area (Å²) in [6.07, 6.45) is 4.59. The second-order valence-corrected chi connectivity index (χ2v) is 6.09.